The highest BCUT2D eigenvalue weighted by Crippen LogP contribution is 2.17. The minimum absolute atomic E-state index is 0.843. The van der Waals surface area contributed by atoms with E-state index in [9.17, 15) is 0 Å². The maximum absolute atomic E-state index is 5.49. The second-order valence-electron chi connectivity index (χ2n) is 2.98. The van der Waals surface area contributed by atoms with E-state index in [1.807, 2.05) is 0 Å². The van der Waals surface area contributed by atoms with Gasteiger partial charge < -0.3 is 4.74 Å². The Labute approximate surface area is 68.8 Å². The van der Waals surface area contributed by atoms with Crippen molar-refractivity contribution in [2.24, 2.45) is 0 Å². The number of hydrogen-bond acceptors (Lipinski definition) is 1. The van der Waals surface area contributed by atoms with E-state index in [0.717, 1.165) is 25.2 Å². The van der Waals surface area contributed by atoms with Crippen LogP contribution in [0.5, 0.6) is 0 Å². The Hall–Kier alpha value is -0.720. The maximum atomic E-state index is 5.49. The van der Waals surface area contributed by atoms with Gasteiger partial charge in [0, 0.05) is 0 Å². The van der Waals surface area contributed by atoms with Crippen LogP contribution < -0.4 is 0 Å². The highest BCUT2D eigenvalue weighted by molar-refractivity contribution is 5.21. The summed E-state index contributed by atoms with van der Waals surface area (Å²) in [6, 6.07) is 0. The van der Waals surface area contributed by atoms with Crippen molar-refractivity contribution in [2.45, 2.75) is 33.1 Å². The third-order valence-corrected chi connectivity index (χ3v) is 1.75. The molecule has 0 spiro atoms. The zero-order valence-electron chi connectivity index (χ0n) is 7.39. The molecule has 1 rings (SSSR count). The van der Waals surface area contributed by atoms with E-state index in [-0.39, 0.29) is 0 Å². The van der Waals surface area contributed by atoms with Gasteiger partial charge in [0.1, 0.15) is 5.76 Å². The third-order valence-electron chi connectivity index (χ3n) is 1.75. The monoisotopic (exact) mass is 152 g/mol. The van der Waals surface area contributed by atoms with Crippen molar-refractivity contribution in [3.8, 4) is 0 Å². The SMILES string of the molecule is CCCOC1=CCCC(C)=C1. The summed E-state index contributed by atoms with van der Waals surface area (Å²) in [4.78, 5) is 0. The molecule has 1 aliphatic carbocycles. The summed E-state index contributed by atoms with van der Waals surface area (Å²) in [7, 11) is 0. The molecule has 0 aromatic heterocycles. The molecule has 0 heterocycles. The topological polar surface area (TPSA) is 9.23 Å². The second-order valence-corrected chi connectivity index (χ2v) is 2.98. The lowest BCUT2D eigenvalue weighted by atomic mass is 10.1. The Kier molecular flexibility index (Phi) is 3.21. The summed E-state index contributed by atoms with van der Waals surface area (Å²) < 4.78 is 5.49. The van der Waals surface area contributed by atoms with E-state index >= 15 is 0 Å². The molecule has 0 saturated carbocycles. The van der Waals surface area contributed by atoms with E-state index in [4.69, 9.17) is 4.74 Å². The van der Waals surface area contributed by atoms with Gasteiger partial charge in [-0.1, -0.05) is 12.5 Å². The third kappa shape index (κ3) is 2.79. The van der Waals surface area contributed by atoms with E-state index < -0.39 is 0 Å². The predicted molar refractivity (Wildman–Crippen MR) is 47.3 cm³/mol. The lowest BCUT2D eigenvalue weighted by Crippen LogP contribution is -1.95. The summed E-state index contributed by atoms with van der Waals surface area (Å²) >= 11 is 0. The normalized spacial score (nSPS) is 17.3. The smallest absolute Gasteiger partial charge is 0.115 e. The molecule has 62 valence electrons. The first-order valence-electron chi connectivity index (χ1n) is 4.33. The van der Waals surface area contributed by atoms with Crippen molar-refractivity contribution in [1.82, 2.24) is 0 Å². The van der Waals surface area contributed by atoms with Gasteiger partial charge in [-0.3, -0.25) is 0 Å². The summed E-state index contributed by atoms with van der Waals surface area (Å²) in [5, 5.41) is 0. The van der Waals surface area contributed by atoms with Crippen LogP contribution in [0.2, 0.25) is 0 Å². The lowest BCUT2D eigenvalue weighted by molar-refractivity contribution is 0.222. The van der Waals surface area contributed by atoms with Gasteiger partial charge in [-0.05, 0) is 38.3 Å². The van der Waals surface area contributed by atoms with Gasteiger partial charge >= 0.3 is 0 Å². The molecule has 0 aromatic carbocycles. The Balaban J connectivity index is 2.39. The number of ether oxygens (including phenoxy) is 1. The van der Waals surface area contributed by atoms with Gasteiger partial charge in [0.05, 0.1) is 6.61 Å². The standard InChI is InChI=1S/C10H16O/c1-3-7-11-10-6-4-5-9(2)8-10/h6,8H,3-5,7H2,1-2H3. The molecule has 0 saturated heterocycles. The Morgan fingerprint density at radius 2 is 2.36 bits per heavy atom. The van der Waals surface area contributed by atoms with E-state index in [0.29, 0.717) is 0 Å². The quantitative estimate of drug-likeness (QED) is 0.604. The van der Waals surface area contributed by atoms with Crippen LogP contribution >= 0.6 is 0 Å². The van der Waals surface area contributed by atoms with Crippen LogP contribution in [0, 0.1) is 0 Å². The molecule has 1 aliphatic rings. The molecular weight excluding hydrogens is 136 g/mol. The molecule has 0 fully saturated rings. The zero-order chi connectivity index (χ0) is 8.10. The molecule has 1 nitrogen and oxygen atoms in total. The molecule has 0 radical (unpaired) electrons. The summed E-state index contributed by atoms with van der Waals surface area (Å²) in [5.74, 6) is 1.07. The van der Waals surface area contributed by atoms with Crippen molar-refractivity contribution < 1.29 is 4.74 Å². The lowest BCUT2D eigenvalue weighted by Gasteiger charge is -2.11. The van der Waals surface area contributed by atoms with E-state index in [2.05, 4.69) is 26.0 Å². The predicted octanol–water partition coefficient (Wildman–Crippen LogP) is 3.04. The second kappa shape index (κ2) is 4.22. The summed E-state index contributed by atoms with van der Waals surface area (Å²) in [5.41, 5.74) is 1.43. The Bertz CT molecular complexity index is 177. The Morgan fingerprint density at radius 1 is 1.55 bits per heavy atom. The van der Waals surface area contributed by atoms with Gasteiger partial charge in [0.25, 0.3) is 0 Å². The molecule has 0 bridgehead atoms. The van der Waals surface area contributed by atoms with Crippen molar-refractivity contribution in [1.29, 1.82) is 0 Å². The first-order valence-corrected chi connectivity index (χ1v) is 4.33. The zero-order valence-corrected chi connectivity index (χ0v) is 7.39. The first-order chi connectivity index (χ1) is 5.33. The number of allylic oxidation sites excluding steroid dienone is 3. The van der Waals surface area contributed by atoms with Crippen LogP contribution in [-0.2, 0) is 4.74 Å². The van der Waals surface area contributed by atoms with Gasteiger partial charge in [-0.15, -0.1) is 0 Å². The fraction of sp³-hybridized carbons (Fsp3) is 0.600. The minimum Gasteiger partial charge on any atom is -0.494 e. The highest BCUT2D eigenvalue weighted by atomic mass is 16.5. The molecule has 0 amide bonds. The van der Waals surface area contributed by atoms with Crippen molar-refractivity contribution >= 4 is 0 Å². The van der Waals surface area contributed by atoms with Crippen LogP contribution in [0.3, 0.4) is 0 Å². The van der Waals surface area contributed by atoms with Crippen LogP contribution in [0.15, 0.2) is 23.5 Å². The number of hydrogen-bond donors (Lipinski definition) is 0. The van der Waals surface area contributed by atoms with Crippen LogP contribution in [0.1, 0.15) is 33.1 Å². The first kappa shape index (κ1) is 8.38. The fourth-order valence-electron chi connectivity index (χ4n) is 1.14. The van der Waals surface area contributed by atoms with E-state index in [1.165, 1.54) is 12.0 Å². The summed E-state index contributed by atoms with van der Waals surface area (Å²) in [6.07, 6.45) is 7.73. The number of rotatable bonds is 3. The van der Waals surface area contributed by atoms with Crippen molar-refractivity contribution in [3.63, 3.8) is 0 Å². The molecule has 0 atom stereocenters. The molecule has 11 heavy (non-hydrogen) atoms. The van der Waals surface area contributed by atoms with Crippen molar-refractivity contribution in [2.75, 3.05) is 6.61 Å². The van der Waals surface area contributed by atoms with Crippen LogP contribution in [-0.4, -0.2) is 6.61 Å². The van der Waals surface area contributed by atoms with E-state index in [1.54, 1.807) is 0 Å². The van der Waals surface area contributed by atoms with Crippen LogP contribution in [0.25, 0.3) is 0 Å². The van der Waals surface area contributed by atoms with Gasteiger partial charge in [-0.2, -0.15) is 0 Å². The Morgan fingerprint density at radius 3 is 3.00 bits per heavy atom. The maximum Gasteiger partial charge on any atom is 0.115 e. The molecular formula is C10H16O. The van der Waals surface area contributed by atoms with Crippen LogP contribution in [0.4, 0.5) is 0 Å². The van der Waals surface area contributed by atoms with Gasteiger partial charge in [0.2, 0.25) is 0 Å². The fourth-order valence-corrected chi connectivity index (χ4v) is 1.14. The average Bonchev–Trinajstić information content (AvgIpc) is 2.01. The highest BCUT2D eigenvalue weighted by Gasteiger charge is 2.00. The summed E-state index contributed by atoms with van der Waals surface area (Å²) in [6.45, 7) is 5.12. The van der Waals surface area contributed by atoms with Crippen molar-refractivity contribution in [3.05, 3.63) is 23.5 Å². The molecule has 1 heteroatoms. The molecule has 0 aromatic rings. The van der Waals surface area contributed by atoms with Gasteiger partial charge in [-0.25, -0.2) is 0 Å². The largest absolute Gasteiger partial charge is 0.494 e. The van der Waals surface area contributed by atoms with Gasteiger partial charge in [0.15, 0.2) is 0 Å². The molecule has 0 N–H and O–H groups in total. The minimum atomic E-state index is 0.843. The molecule has 0 aliphatic heterocycles. The average molecular weight is 152 g/mol. The molecule has 0 unspecified atom stereocenters.